The predicted octanol–water partition coefficient (Wildman–Crippen LogP) is 3.04. The van der Waals surface area contributed by atoms with Crippen LogP contribution in [0.15, 0.2) is 18.2 Å². The maximum Gasteiger partial charge on any atom is 0.312 e. The highest BCUT2D eigenvalue weighted by molar-refractivity contribution is 6.30. The molecule has 0 aliphatic carbocycles. The molecule has 0 N–H and O–H groups in total. The molecule has 0 heterocycles. The molecule has 5 heteroatoms. The van der Waals surface area contributed by atoms with Gasteiger partial charge >= 0.3 is 5.69 Å². The Bertz CT molecular complexity index is 426. The van der Waals surface area contributed by atoms with E-state index in [4.69, 9.17) is 22.8 Å². The molecule has 0 saturated heterocycles. The molecule has 1 rings (SSSR count). The summed E-state index contributed by atoms with van der Waals surface area (Å²) in [5, 5.41) is 11.0. The summed E-state index contributed by atoms with van der Waals surface area (Å²) in [7, 11) is 0. The van der Waals surface area contributed by atoms with E-state index in [1.165, 1.54) is 12.1 Å². The van der Waals surface area contributed by atoms with Gasteiger partial charge in [0.1, 0.15) is 0 Å². The van der Waals surface area contributed by atoms with Gasteiger partial charge in [0, 0.05) is 17.5 Å². The molecule has 0 atom stereocenters. The van der Waals surface area contributed by atoms with Crippen LogP contribution in [0.3, 0.4) is 0 Å². The average Bonchev–Trinajstić information content (AvgIpc) is 2.26. The zero-order valence-corrected chi connectivity index (χ0v) is 9.24. The van der Waals surface area contributed by atoms with Crippen LogP contribution < -0.4 is 4.74 Å². The first-order chi connectivity index (χ1) is 7.65. The predicted molar refractivity (Wildman–Crippen MR) is 61.7 cm³/mol. The van der Waals surface area contributed by atoms with Crippen molar-refractivity contribution >= 4 is 17.3 Å². The van der Waals surface area contributed by atoms with E-state index in [2.05, 4.69) is 5.92 Å². The van der Waals surface area contributed by atoms with Crippen LogP contribution in [-0.2, 0) is 0 Å². The number of rotatable bonds is 5. The Morgan fingerprint density at radius 3 is 2.94 bits per heavy atom. The van der Waals surface area contributed by atoms with Gasteiger partial charge in [-0.2, -0.15) is 0 Å². The number of halogens is 1. The van der Waals surface area contributed by atoms with Crippen molar-refractivity contribution in [3.05, 3.63) is 33.3 Å². The summed E-state index contributed by atoms with van der Waals surface area (Å²) >= 11 is 5.66. The van der Waals surface area contributed by atoms with Gasteiger partial charge in [0.15, 0.2) is 5.75 Å². The van der Waals surface area contributed by atoms with Gasteiger partial charge < -0.3 is 4.74 Å². The van der Waals surface area contributed by atoms with Crippen LogP contribution in [0.2, 0.25) is 5.02 Å². The van der Waals surface area contributed by atoms with Gasteiger partial charge in [-0.3, -0.25) is 10.1 Å². The molecular weight excluding hydrogens is 230 g/mol. The van der Waals surface area contributed by atoms with Crippen molar-refractivity contribution in [2.45, 2.75) is 12.8 Å². The zero-order valence-electron chi connectivity index (χ0n) is 8.48. The molecule has 16 heavy (non-hydrogen) atoms. The van der Waals surface area contributed by atoms with Crippen LogP contribution in [0, 0.1) is 22.5 Å². The number of hydrogen-bond acceptors (Lipinski definition) is 3. The van der Waals surface area contributed by atoms with Gasteiger partial charge in [-0.15, -0.1) is 12.3 Å². The number of nitro benzene ring substituents is 1. The maximum absolute atomic E-state index is 10.7. The van der Waals surface area contributed by atoms with Crippen LogP contribution in [0.25, 0.3) is 0 Å². The van der Waals surface area contributed by atoms with Gasteiger partial charge in [-0.25, -0.2) is 0 Å². The first-order valence-corrected chi connectivity index (χ1v) is 5.03. The highest BCUT2D eigenvalue weighted by Gasteiger charge is 2.15. The number of terminal acetylenes is 1. The summed E-state index contributed by atoms with van der Waals surface area (Å²) in [4.78, 5) is 10.2. The van der Waals surface area contributed by atoms with E-state index in [9.17, 15) is 10.1 Å². The van der Waals surface area contributed by atoms with E-state index in [1.54, 1.807) is 6.07 Å². The van der Waals surface area contributed by atoms with E-state index in [-0.39, 0.29) is 11.4 Å². The highest BCUT2D eigenvalue weighted by atomic mass is 35.5. The third kappa shape index (κ3) is 3.44. The third-order valence-corrected chi connectivity index (χ3v) is 2.08. The SMILES string of the molecule is C#CCCCOc1ccc(Cl)cc1[N+](=O)[O-]. The van der Waals surface area contributed by atoms with Crippen molar-refractivity contribution in [1.82, 2.24) is 0 Å². The number of benzene rings is 1. The van der Waals surface area contributed by atoms with Gasteiger partial charge in [0.2, 0.25) is 0 Å². The lowest BCUT2D eigenvalue weighted by atomic mass is 10.3. The van der Waals surface area contributed by atoms with E-state index >= 15 is 0 Å². The molecule has 1 aromatic carbocycles. The minimum atomic E-state index is -0.525. The summed E-state index contributed by atoms with van der Waals surface area (Å²) in [5.74, 6) is 2.68. The van der Waals surface area contributed by atoms with Crippen molar-refractivity contribution < 1.29 is 9.66 Å². The van der Waals surface area contributed by atoms with Crippen molar-refractivity contribution in [2.24, 2.45) is 0 Å². The average molecular weight is 240 g/mol. The summed E-state index contributed by atoms with van der Waals surface area (Å²) in [6.45, 7) is 0.354. The minimum absolute atomic E-state index is 0.131. The molecule has 84 valence electrons. The summed E-state index contributed by atoms with van der Waals surface area (Å²) < 4.78 is 5.26. The molecule has 0 bridgehead atoms. The molecule has 4 nitrogen and oxygen atoms in total. The van der Waals surface area contributed by atoms with Crippen LogP contribution >= 0.6 is 11.6 Å². The Morgan fingerprint density at radius 1 is 1.56 bits per heavy atom. The van der Waals surface area contributed by atoms with Crippen molar-refractivity contribution in [1.29, 1.82) is 0 Å². The molecule has 0 radical (unpaired) electrons. The zero-order chi connectivity index (χ0) is 12.0. The smallest absolute Gasteiger partial charge is 0.312 e. The quantitative estimate of drug-likeness (QED) is 0.343. The maximum atomic E-state index is 10.7. The summed E-state index contributed by atoms with van der Waals surface area (Å²) in [6, 6.07) is 4.29. The van der Waals surface area contributed by atoms with Crippen LogP contribution in [0.1, 0.15) is 12.8 Å². The second-order valence-electron chi connectivity index (χ2n) is 3.03. The summed E-state index contributed by atoms with van der Waals surface area (Å²) in [5.41, 5.74) is -0.131. The van der Waals surface area contributed by atoms with Crippen molar-refractivity contribution in [2.75, 3.05) is 6.61 Å². The number of nitrogens with zero attached hydrogens (tertiary/aromatic N) is 1. The lowest BCUT2D eigenvalue weighted by Crippen LogP contribution is -2.00. The van der Waals surface area contributed by atoms with Gasteiger partial charge in [-0.1, -0.05) is 11.6 Å². The molecule has 0 aliphatic rings. The van der Waals surface area contributed by atoms with Gasteiger partial charge in [-0.05, 0) is 18.6 Å². The number of ether oxygens (including phenoxy) is 1. The van der Waals surface area contributed by atoms with Crippen molar-refractivity contribution in [3.63, 3.8) is 0 Å². The minimum Gasteiger partial charge on any atom is -0.487 e. The lowest BCUT2D eigenvalue weighted by molar-refractivity contribution is -0.385. The Kier molecular flexibility index (Phi) is 4.62. The molecule has 0 aliphatic heterocycles. The molecule has 0 fully saturated rings. The first kappa shape index (κ1) is 12.3. The molecule has 0 spiro atoms. The highest BCUT2D eigenvalue weighted by Crippen LogP contribution is 2.29. The van der Waals surface area contributed by atoms with Gasteiger partial charge in [0.05, 0.1) is 11.5 Å². The molecule has 0 saturated carbocycles. The van der Waals surface area contributed by atoms with Crippen molar-refractivity contribution in [3.8, 4) is 18.1 Å². The number of hydrogen-bond donors (Lipinski definition) is 0. The Morgan fingerprint density at radius 2 is 2.31 bits per heavy atom. The normalized spacial score (nSPS) is 9.50. The second kappa shape index (κ2) is 5.99. The fourth-order valence-electron chi connectivity index (χ4n) is 1.11. The van der Waals surface area contributed by atoms with E-state index in [0.717, 1.165) is 0 Å². The molecule has 0 unspecified atom stereocenters. The third-order valence-electron chi connectivity index (χ3n) is 1.84. The Hall–Kier alpha value is -1.73. The van der Waals surface area contributed by atoms with E-state index in [0.29, 0.717) is 24.5 Å². The van der Waals surface area contributed by atoms with E-state index in [1.807, 2.05) is 0 Å². The first-order valence-electron chi connectivity index (χ1n) is 4.65. The lowest BCUT2D eigenvalue weighted by Gasteiger charge is -2.05. The fraction of sp³-hybridized carbons (Fsp3) is 0.273. The topological polar surface area (TPSA) is 52.4 Å². The number of unbranched alkanes of at least 4 members (excludes halogenated alkanes) is 1. The largest absolute Gasteiger partial charge is 0.487 e. The van der Waals surface area contributed by atoms with Gasteiger partial charge in [0.25, 0.3) is 0 Å². The standard InChI is InChI=1S/C11H10ClNO3/c1-2-3-4-7-16-11-6-5-9(12)8-10(11)13(14)15/h1,5-6,8H,3-4,7H2. The Balaban J connectivity index is 2.72. The van der Waals surface area contributed by atoms with Crippen LogP contribution in [0.4, 0.5) is 5.69 Å². The Labute approximate surface area is 98.3 Å². The molecule has 0 amide bonds. The monoisotopic (exact) mass is 239 g/mol. The van der Waals surface area contributed by atoms with Crippen LogP contribution in [-0.4, -0.2) is 11.5 Å². The fourth-order valence-corrected chi connectivity index (χ4v) is 1.28. The van der Waals surface area contributed by atoms with E-state index < -0.39 is 4.92 Å². The second-order valence-corrected chi connectivity index (χ2v) is 3.46. The number of nitro groups is 1. The summed E-state index contributed by atoms with van der Waals surface area (Å²) in [6.07, 6.45) is 6.32. The molecule has 0 aromatic heterocycles. The molecule has 1 aromatic rings. The van der Waals surface area contributed by atoms with Crippen LogP contribution in [0.5, 0.6) is 5.75 Å². The molecular formula is C11H10ClNO3.